The third-order valence-corrected chi connectivity index (χ3v) is 6.20. The molecule has 1 aliphatic rings. The molecule has 32 heavy (non-hydrogen) atoms. The molecule has 0 bridgehead atoms. The third kappa shape index (κ3) is 3.69. The zero-order valence-electron chi connectivity index (χ0n) is 17.9. The number of fused-ring (bicyclic) bond motifs is 3. The van der Waals surface area contributed by atoms with Gasteiger partial charge in [0.25, 0.3) is 0 Å². The van der Waals surface area contributed by atoms with Gasteiger partial charge in [-0.3, -0.25) is 9.69 Å². The summed E-state index contributed by atoms with van der Waals surface area (Å²) in [4.78, 5) is 18.9. The molecule has 1 aromatic heterocycles. The van der Waals surface area contributed by atoms with E-state index >= 15 is 0 Å². The monoisotopic (exact) mass is 428 g/mol. The Labute approximate surface area is 186 Å². The highest BCUT2D eigenvalue weighted by molar-refractivity contribution is 5.87. The van der Waals surface area contributed by atoms with Gasteiger partial charge in [-0.05, 0) is 41.8 Å². The molecule has 0 radical (unpaired) electrons. The summed E-state index contributed by atoms with van der Waals surface area (Å²) >= 11 is 0. The molecule has 0 saturated carbocycles. The minimum absolute atomic E-state index is 0.230. The molecular weight excluding hydrogens is 403 g/mol. The Kier molecular flexibility index (Phi) is 5.50. The summed E-state index contributed by atoms with van der Waals surface area (Å²) in [7, 11) is 0. The maximum absolute atomic E-state index is 13.8. The second kappa shape index (κ2) is 8.60. The number of rotatable bonds is 5. The number of carbonyl (C=O) groups is 1. The largest absolute Gasteiger partial charge is 0.465 e. The van der Waals surface area contributed by atoms with E-state index in [4.69, 9.17) is 4.74 Å². The van der Waals surface area contributed by atoms with Gasteiger partial charge in [0.1, 0.15) is 11.9 Å². The number of nitrogens with one attached hydrogen (secondary N) is 1. The lowest BCUT2D eigenvalue weighted by Gasteiger charge is -2.41. The van der Waals surface area contributed by atoms with Crippen LogP contribution in [0.5, 0.6) is 0 Å². The Bertz CT molecular complexity index is 1230. The molecule has 4 aromatic rings. The summed E-state index contributed by atoms with van der Waals surface area (Å²) in [5, 5.41) is 1.11. The van der Waals surface area contributed by atoms with Crippen LogP contribution in [0.25, 0.3) is 10.9 Å². The normalized spacial score (nSPS) is 18.4. The van der Waals surface area contributed by atoms with E-state index < -0.39 is 6.04 Å². The van der Waals surface area contributed by atoms with Crippen molar-refractivity contribution in [2.24, 2.45) is 0 Å². The van der Waals surface area contributed by atoms with Gasteiger partial charge in [0.15, 0.2) is 0 Å². The quantitative estimate of drug-likeness (QED) is 0.434. The molecular formula is C27H25FN2O2. The summed E-state index contributed by atoms with van der Waals surface area (Å²) in [6.45, 7) is 2.73. The molecule has 5 heteroatoms. The van der Waals surface area contributed by atoms with Gasteiger partial charge in [0.05, 0.1) is 12.6 Å². The van der Waals surface area contributed by atoms with E-state index in [9.17, 15) is 9.18 Å². The van der Waals surface area contributed by atoms with Gasteiger partial charge < -0.3 is 9.72 Å². The van der Waals surface area contributed by atoms with Gasteiger partial charge in [-0.2, -0.15) is 0 Å². The van der Waals surface area contributed by atoms with Crippen molar-refractivity contribution in [2.75, 3.05) is 6.61 Å². The average Bonchev–Trinajstić information content (AvgIpc) is 3.18. The van der Waals surface area contributed by atoms with Gasteiger partial charge in [-0.1, -0.05) is 60.7 Å². The minimum atomic E-state index is -0.447. The highest BCUT2D eigenvalue weighted by Crippen LogP contribution is 2.42. The smallest absolute Gasteiger partial charge is 0.323 e. The number of benzene rings is 3. The fourth-order valence-corrected chi connectivity index (χ4v) is 4.79. The molecule has 0 aliphatic carbocycles. The highest BCUT2D eigenvalue weighted by atomic mass is 19.1. The topological polar surface area (TPSA) is 45.3 Å². The van der Waals surface area contributed by atoms with E-state index in [0.717, 1.165) is 33.3 Å². The van der Waals surface area contributed by atoms with Crippen molar-refractivity contribution in [1.82, 2.24) is 9.88 Å². The van der Waals surface area contributed by atoms with E-state index in [-0.39, 0.29) is 17.8 Å². The summed E-state index contributed by atoms with van der Waals surface area (Å²) in [5.41, 5.74) is 5.25. The summed E-state index contributed by atoms with van der Waals surface area (Å²) in [6.07, 6.45) is 0.558. The van der Waals surface area contributed by atoms with Gasteiger partial charge in [0, 0.05) is 29.6 Å². The maximum atomic E-state index is 13.8. The third-order valence-electron chi connectivity index (χ3n) is 6.20. The molecule has 5 rings (SSSR count). The van der Waals surface area contributed by atoms with Crippen LogP contribution in [0.4, 0.5) is 4.39 Å². The van der Waals surface area contributed by atoms with Crippen molar-refractivity contribution in [1.29, 1.82) is 0 Å². The van der Waals surface area contributed by atoms with Crippen LogP contribution < -0.4 is 0 Å². The van der Waals surface area contributed by atoms with Crippen LogP contribution >= 0.6 is 0 Å². The number of aromatic amines is 1. The molecule has 0 spiro atoms. The number of halogens is 1. The molecule has 1 N–H and O–H groups in total. The van der Waals surface area contributed by atoms with Crippen LogP contribution in [0.2, 0.25) is 0 Å². The molecule has 1 aliphatic heterocycles. The van der Waals surface area contributed by atoms with E-state index in [2.05, 4.69) is 34.1 Å². The van der Waals surface area contributed by atoms with Crippen molar-refractivity contribution >= 4 is 16.9 Å². The van der Waals surface area contributed by atoms with Gasteiger partial charge >= 0.3 is 5.97 Å². The molecule has 0 amide bonds. The fourth-order valence-electron chi connectivity index (χ4n) is 4.79. The Morgan fingerprint density at radius 1 is 1.03 bits per heavy atom. The zero-order valence-corrected chi connectivity index (χ0v) is 17.9. The Balaban J connectivity index is 1.70. The Hall–Kier alpha value is -3.44. The van der Waals surface area contributed by atoms with Crippen LogP contribution in [0.15, 0.2) is 78.9 Å². The van der Waals surface area contributed by atoms with E-state index in [0.29, 0.717) is 19.6 Å². The fraction of sp³-hybridized carbons (Fsp3) is 0.222. The van der Waals surface area contributed by atoms with Gasteiger partial charge in [-0.25, -0.2) is 4.39 Å². The van der Waals surface area contributed by atoms with Crippen LogP contribution in [-0.4, -0.2) is 28.5 Å². The molecule has 0 fully saturated rings. The number of H-pyrrole nitrogens is 1. The lowest BCUT2D eigenvalue weighted by Crippen LogP contribution is -2.48. The second-order valence-electron chi connectivity index (χ2n) is 8.15. The zero-order chi connectivity index (χ0) is 22.1. The summed E-state index contributed by atoms with van der Waals surface area (Å²) < 4.78 is 19.3. The number of nitrogens with zero attached hydrogens (tertiary/aromatic N) is 1. The van der Waals surface area contributed by atoms with Crippen molar-refractivity contribution in [3.63, 3.8) is 0 Å². The lowest BCUT2D eigenvalue weighted by molar-refractivity contribution is -0.151. The van der Waals surface area contributed by atoms with Crippen molar-refractivity contribution < 1.29 is 13.9 Å². The standard InChI is InChI=1S/C27H25FN2O2/c1-2-32-27(31)24-16-22-21-10-6-7-11-23(21)29-25(22)26(19-12-14-20(28)15-13-19)30(24)17-18-8-4-3-5-9-18/h3-15,24,26,29H,2,16-17H2,1H3/t24-,26-/m0/s1. The Morgan fingerprint density at radius 2 is 1.75 bits per heavy atom. The number of hydrogen-bond donors (Lipinski definition) is 1. The predicted molar refractivity (Wildman–Crippen MR) is 123 cm³/mol. The summed E-state index contributed by atoms with van der Waals surface area (Å²) in [5.74, 6) is -0.510. The van der Waals surface area contributed by atoms with Crippen LogP contribution in [0, 0.1) is 5.82 Å². The minimum Gasteiger partial charge on any atom is -0.465 e. The molecule has 3 aromatic carbocycles. The van der Waals surface area contributed by atoms with Crippen molar-refractivity contribution in [3.8, 4) is 0 Å². The number of ether oxygens (including phenoxy) is 1. The number of aromatic nitrogens is 1. The molecule has 2 heterocycles. The molecule has 0 unspecified atom stereocenters. The van der Waals surface area contributed by atoms with Crippen LogP contribution in [0.1, 0.15) is 35.3 Å². The first-order chi connectivity index (χ1) is 15.7. The van der Waals surface area contributed by atoms with E-state index in [1.54, 1.807) is 12.1 Å². The van der Waals surface area contributed by atoms with Crippen LogP contribution in [-0.2, 0) is 22.5 Å². The summed E-state index contributed by atoms with van der Waals surface area (Å²) in [6, 6.07) is 24.1. The first kappa shape index (κ1) is 20.5. The second-order valence-corrected chi connectivity index (χ2v) is 8.15. The Morgan fingerprint density at radius 3 is 2.50 bits per heavy atom. The average molecular weight is 429 g/mol. The molecule has 2 atom stereocenters. The van der Waals surface area contributed by atoms with E-state index in [1.807, 2.05) is 37.3 Å². The SMILES string of the molecule is CCOC(=O)[C@@H]1Cc2c([nH]c3ccccc23)[C@H](c2ccc(F)cc2)N1Cc1ccccc1. The van der Waals surface area contributed by atoms with Crippen LogP contribution in [0.3, 0.4) is 0 Å². The number of esters is 1. The maximum Gasteiger partial charge on any atom is 0.323 e. The van der Waals surface area contributed by atoms with Gasteiger partial charge in [0.2, 0.25) is 0 Å². The van der Waals surface area contributed by atoms with Gasteiger partial charge in [-0.15, -0.1) is 0 Å². The predicted octanol–water partition coefficient (Wildman–Crippen LogP) is 5.39. The number of carbonyl (C=O) groups excluding carboxylic acids is 1. The van der Waals surface area contributed by atoms with Crippen molar-refractivity contribution in [3.05, 3.63) is 107 Å². The first-order valence-corrected chi connectivity index (χ1v) is 11.0. The van der Waals surface area contributed by atoms with Crippen molar-refractivity contribution in [2.45, 2.75) is 32.0 Å². The van der Waals surface area contributed by atoms with E-state index in [1.165, 1.54) is 12.1 Å². The molecule has 162 valence electrons. The molecule has 4 nitrogen and oxygen atoms in total. The number of hydrogen-bond acceptors (Lipinski definition) is 3. The number of para-hydroxylation sites is 1. The first-order valence-electron chi connectivity index (χ1n) is 11.0. The highest BCUT2D eigenvalue weighted by Gasteiger charge is 2.41. The lowest BCUT2D eigenvalue weighted by atomic mass is 9.87. The molecule has 0 saturated heterocycles.